The number of fused-ring (bicyclic) bond motifs is 2. The first-order chi connectivity index (χ1) is 18.0. The highest BCUT2D eigenvalue weighted by atomic mass is 16.5. The first kappa shape index (κ1) is 23.2. The molecular weight excluding hydrogens is 466 g/mol. The van der Waals surface area contributed by atoms with Gasteiger partial charge in [0.1, 0.15) is 17.2 Å². The van der Waals surface area contributed by atoms with Crippen LogP contribution in [0.3, 0.4) is 0 Å². The van der Waals surface area contributed by atoms with E-state index in [1.54, 1.807) is 18.5 Å². The maximum Gasteiger partial charge on any atom is 0.261 e. The maximum absolute atomic E-state index is 13.4. The lowest BCUT2D eigenvalue weighted by Gasteiger charge is -2.36. The molecular formula is C28H29N7O2. The highest BCUT2D eigenvalue weighted by molar-refractivity contribution is 5.99. The Balaban J connectivity index is 1.45. The quantitative estimate of drug-likeness (QED) is 0.325. The van der Waals surface area contributed by atoms with Gasteiger partial charge in [0.15, 0.2) is 0 Å². The number of ether oxygens (including phenoxy) is 1. The summed E-state index contributed by atoms with van der Waals surface area (Å²) < 4.78 is 5.90. The molecule has 6 rings (SSSR count). The molecule has 0 radical (unpaired) electrons. The van der Waals surface area contributed by atoms with Gasteiger partial charge in [-0.25, -0.2) is 15.0 Å². The molecule has 3 N–H and O–H groups in total. The summed E-state index contributed by atoms with van der Waals surface area (Å²) in [7, 11) is 0. The Kier molecular flexibility index (Phi) is 5.84. The van der Waals surface area contributed by atoms with Crippen LogP contribution in [0, 0.1) is 0 Å². The van der Waals surface area contributed by atoms with Gasteiger partial charge in [-0.3, -0.25) is 4.79 Å². The molecule has 3 aromatic heterocycles. The number of imidazole rings is 1. The van der Waals surface area contributed by atoms with Crippen LogP contribution >= 0.6 is 0 Å². The van der Waals surface area contributed by atoms with Crippen LogP contribution in [-0.4, -0.2) is 50.2 Å². The van der Waals surface area contributed by atoms with Gasteiger partial charge in [0.2, 0.25) is 0 Å². The molecule has 3 atom stereocenters. The van der Waals surface area contributed by atoms with Crippen LogP contribution in [0.15, 0.2) is 65.7 Å². The fourth-order valence-electron chi connectivity index (χ4n) is 5.14. The zero-order valence-electron chi connectivity index (χ0n) is 21.0. The Bertz CT molecular complexity index is 1620. The molecule has 9 nitrogen and oxygen atoms in total. The first-order valence-corrected chi connectivity index (χ1v) is 12.6. The van der Waals surface area contributed by atoms with Gasteiger partial charge in [-0.05, 0) is 51.1 Å². The van der Waals surface area contributed by atoms with Crippen molar-refractivity contribution in [3.63, 3.8) is 0 Å². The second-order valence-corrected chi connectivity index (χ2v) is 9.67. The summed E-state index contributed by atoms with van der Waals surface area (Å²) in [4.78, 5) is 35.8. The van der Waals surface area contributed by atoms with Gasteiger partial charge in [0.25, 0.3) is 5.56 Å². The van der Waals surface area contributed by atoms with Crippen molar-refractivity contribution in [2.75, 3.05) is 23.3 Å². The largest absolute Gasteiger partial charge is 0.374 e. The first-order valence-electron chi connectivity index (χ1n) is 12.6. The average Bonchev–Trinajstić information content (AvgIpc) is 3.31. The Morgan fingerprint density at radius 3 is 2.54 bits per heavy atom. The summed E-state index contributed by atoms with van der Waals surface area (Å²) in [6, 6.07) is 15.5. The highest BCUT2D eigenvalue weighted by Crippen LogP contribution is 2.33. The third-order valence-corrected chi connectivity index (χ3v) is 6.74. The number of pyridine rings is 1. The van der Waals surface area contributed by atoms with Gasteiger partial charge in [-0.2, -0.15) is 0 Å². The third kappa shape index (κ3) is 4.42. The van der Waals surface area contributed by atoms with Crippen molar-refractivity contribution in [2.45, 2.75) is 39.0 Å². The summed E-state index contributed by atoms with van der Waals surface area (Å²) in [5, 5.41) is 4.39. The molecule has 1 unspecified atom stereocenters. The molecule has 9 heteroatoms. The number of aromatic amines is 2. The van der Waals surface area contributed by atoms with E-state index in [0.29, 0.717) is 22.9 Å². The number of nitrogens with zero attached hydrogens (tertiary/aromatic N) is 4. The summed E-state index contributed by atoms with van der Waals surface area (Å²) >= 11 is 0. The van der Waals surface area contributed by atoms with Crippen molar-refractivity contribution in [1.29, 1.82) is 0 Å². The summed E-state index contributed by atoms with van der Waals surface area (Å²) in [6.07, 6.45) is 3.75. The van der Waals surface area contributed by atoms with Gasteiger partial charge in [-0.15, -0.1) is 0 Å². The number of benzene rings is 2. The zero-order chi connectivity index (χ0) is 25.5. The number of hydrogen-bond acceptors (Lipinski definition) is 7. The van der Waals surface area contributed by atoms with Gasteiger partial charge >= 0.3 is 0 Å². The number of nitrogens with one attached hydrogen (secondary N) is 3. The minimum Gasteiger partial charge on any atom is -0.374 e. The lowest BCUT2D eigenvalue weighted by atomic mass is 10.1. The second-order valence-electron chi connectivity index (χ2n) is 9.67. The second kappa shape index (κ2) is 9.33. The molecule has 0 saturated carbocycles. The van der Waals surface area contributed by atoms with E-state index in [2.05, 4.69) is 56.1 Å². The molecule has 4 heterocycles. The summed E-state index contributed by atoms with van der Waals surface area (Å²) in [5.74, 6) is 1.15. The summed E-state index contributed by atoms with van der Waals surface area (Å²) in [6.45, 7) is 7.82. The Morgan fingerprint density at radius 2 is 1.76 bits per heavy atom. The van der Waals surface area contributed by atoms with Crippen LogP contribution in [-0.2, 0) is 4.74 Å². The van der Waals surface area contributed by atoms with E-state index in [9.17, 15) is 4.79 Å². The van der Waals surface area contributed by atoms with Crippen molar-refractivity contribution in [2.24, 2.45) is 0 Å². The standard InChI is InChI=1S/C28H29N7O2/c1-16-14-35(15-17(2)37-16)19-9-10-22-23(13-19)33-27(32-22)24-25(31-18(3)26-29-11-6-12-30-26)20-7-4-5-8-21(20)34-28(24)36/h4-13,16-18H,14-15H2,1-3H3,(H,32,33)(H2,31,34,36)/t16-,17-,18?/m0/s1. The van der Waals surface area contributed by atoms with Crippen molar-refractivity contribution in [1.82, 2.24) is 24.9 Å². The molecule has 0 amide bonds. The van der Waals surface area contributed by atoms with E-state index < -0.39 is 0 Å². The topological polar surface area (TPSA) is 112 Å². The van der Waals surface area contributed by atoms with Crippen LogP contribution in [0.4, 0.5) is 11.4 Å². The lowest BCUT2D eigenvalue weighted by Crippen LogP contribution is -2.45. The minimum absolute atomic E-state index is 0.164. The molecule has 1 aliphatic heterocycles. The molecule has 37 heavy (non-hydrogen) atoms. The smallest absolute Gasteiger partial charge is 0.261 e. The molecule has 5 aromatic rings. The Morgan fingerprint density at radius 1 is 1.00 bits per heavy atom. The van der Waals surface area contributed by atoms with Crippen molar-refractivity contribution < 1.29 is 4.74 Å². The van der Waals surface area contributed by atoms with Gasteiger partial charge in [0.05, 0.1) is 40.5 Å². The van der Waals surface area contributed by atoms with Crippen molar-refractivity contribution in [3.8, 4) is 11.4 Å². The number of para-hydroxylation sites is 1. The lowest BCUT2D eigenvalue weighted by molar-refractivity contribution is -0.00521. The zero-order valence-corrected chi connectivity index (χ0v) is 21.0. The fraction of sp³-hybridized carbons (Fsp3) is 0.286. The average molecular weight is 496 g/mol. The van der Waals surface area contributed by atoms with Crippen molar-refractivity contribution >= 4 is 33.3 Å². The Hall–Kier alpha value is -4.24. The monoisotopic (exact) mass is 495 g/mol. The number of rotatable bonds is 5. The van der Waals surface area contributed by atoms with Crippen LogP contribution in [0.5, 0.6) is 0 Å². The molecule has 188 valence electrons. The molecule has 2 aromatic carbocycles. The van der Waals surface area contributed by atoms with Crippen molar-refractivity contribution in [3.05, 3.63) is 77.1 Å². The molecule has 0 spiro atoms. The number of morpholine rings is 1. The number of hydrogen-bond donors (Lipinski definition) is 3. The Labute approximate surface area is 213 Å². The molecule has 0 aliphatic carbocycles. The van der Waals surface area contributed by atoms with E-state index in [1.165, 1.54) is 0 Å². The predicted octanol–water partition coefficient (Wildman–Crippen LogP) is 4.65. The predicted molar refractivity (Wildman–Crippen MR) is 146 cm³/mol. The molecule has 1 saturated heterocycles. The van der Waals surface area contributed by atoms with Gasteiger partial charge in [0, 0.05) is 36.6 Å². The van der Waals surface area contributed by atoms with Gasteiger partial charge < -0.3 is 24.9 Å². The fourth-order valence-corrected chi connectivity index (χ4v) is 5.14. The van der Waals surface area contributed by atoms with Crippen LogP contribution < -0.4 is 15.8 Å². The van der Waals surface area contributed by atoms with E-state index in [1.807, 2.05) is 37.3 Å². The number of H-pyrrole nitrogens is 2. The molecule has 1 fully saturated rings. The van der Waals surface area contributed by atoms with Crippen LogP contribution in [0.2, 0.25) is 0 Å². The highest BCUT2D eigenvalue weighted by Gasteiger charge is 2.24. The molecule has 0 bridgehead atoms. The van der Waals surface area contributed by atoms with E-state index in [4.69, 9.17) is 9.72 Å². The van der Waals surface area contributed by atoms with Crippen LogP contribution in [0.25, 0.3) is 33.3 Å². The SMILES string of the molecule is CC(Nc1c(-c2nc3ccc(N4C[C@H](C)O[C@@H](C)C4)cc3[nH]2)c(=O)[nH]c2ccccc12)c1ncccn1. The molecule has 1 aliphatic rings. The van der Waals surface area contributed by atoms with E-state index in [0.717, 1.165) is 40.7 Å². The van der Waals surface area contributed by atoms with E-state index in [-0.39, 0.29) is 23.8 Å². The third-order valence-electron chi connectivity index (χ3n) is 6.74. The number of aromatic nitrogens is 5. The maximum atomic E-state index is 13.4. The normalized spacial score (nSPS) is 18.8. The minimum atomic E-state index is -0.230. The van der Waals surface area contributed by atoms with E-state index >= 15 is 0 Å². The summed E-state index contributed by atoms with van der Waals surface area (Å²) in [5.41, 5.74) is 4.43. The van der Waals surface area contributed by atoms with Gasteiger partial charge in [-0.1, -0.05) is 18.2 Å². The number of anilines is 2. The van der Waals surface area contributed by atoms with Crippen LogP contribution in [0.1, 0.15) is 32.6 Å².